The first-order valence-electron chi connectivity index (χ1n) is 30.3. The van der Waals surface area contributed by atoms with Gasteiger partial charge in [0.15, 0.2) is 34.5 Å². The molecule has 9 aromatic rings. The molecule has 3 atom stereocenters. The number of esters is 3. The number of carboxylic acids is 1. The van der Waals surface area contributed by atoms with Gasteiger partial charge in [0.25, 0.3) is 0 Å². The number of alkyl carbamates (subject to hydrolysis) is 1. The number of rotatable bonds is 16. The first kappa shape index (κ1) is 80.0. The number of benzene rings is 6. The number of halogens is 5. The van der Waals surface area contributed by atoms with Gasteiger partial charge in [-0.25, -0.2) is 44.3 Å². The number of hydrogen-bond acceptors (Lipinski definition) is 26. The van der Waals surface area contributed by atoms with Crippen LogP contribution in [0.2, 0.25) is 0 Å². The Morgan fingerprint density at radius 2 is 0.804 bits per heavy atom. The maximum Gasteiger partial charge on any atom is 0.490 e. The third-order valence-corrected chi connectivity index (χ3v) is 14.3. The zero-order valence-corrected chi connectivity index (χ0v) is 56.0. The zero-order chi connectivity index (χ0) is 72.1. The van der Waals surface area contributed by atoms with Crippen molar-refractivity contribution < 1.29 is 89.6 Å². The third-order valence-electron chi connectivity index (χ3n) is 14.3. The topological polar surface area (TPSA) is 375 Å². The second-order valence-corrected chi connectivity index (χ2v) is 22.6. The van der Waals surface area contributed by atoms with Crippen molar-refractivity contribution in [1.29, 1.82) is 0 Å². The molecular weight excluding hydrogens is 1380 g/mol. The summed E-state index contributed by atoms with van der Waals surface area (Å²) in [5, 5.41) is 23.8. The van der Waals surface area contributed by atoms with E-state index in [-0.39, 0.29) is 27.7 Å². The van der Waals surface area contributed by atoms with Crippen molar-refractivity contribution in [2.24, 2.45) is 11.5 Å². The summed E-state index contributed by atoms with van der Waals surface area (Å²) in [5.74, 6) is 1.81. The van der Waals surface area contributed by atoms with Crippen molar-refractivity contribution >= 4 is 119 Å². The van der Waals surface area contributed by atoms with Crippen molar-refractivity contribution in [3.63, 3.8) is 0 Å². The highest BCUT2D eigenvalue weighted by Crippen LogP contribution is 2.39. The number of nitrogens with one attached hydrogen (secondary N) is 4. The van der Waals surface area contributed by atoms with Crippen LogP contribution in [-0.2, 0) is 57.4 Å². The number of carbonyl (C=O) groups is 5. The number of nitrogens with zero attached hydrogens (tertiary/aromatic N) is 6. The number of anilines is 6. The summed E-state index contributed by atoms with van der Waals surface area (Å²) in [7, 11) is 11.5. The quantitative estimate of drug-likeness (QED) is 0.0349. The average molecular weight is 1460 g/mol. The minimum absolute atomic E-state index is 0. The first-order chi connectivity index (χ1) is 47.9. The Morgan fingerprint density at radius 3 is 1.09 bits per heavy atom. The van der Waals surface area contributed by atoms with Gasteiger partial charge in [0.2, 0.25) is 0 Å². The van der Waals surface area contributed by atoms with E-state index in [4.69, 9.17) is 54.5 Å². The Hall–Kier alpha value is -11.0. The van der Waals surface area contributed by atoms with Crippen molar-refractivity contribution in [2.45, 2.75) is 84.8 Å². The first-order valence-corrected chi connectivity index (χ1v) is 31.5. The second kappa shape index (κ2) is 37.4. The van der Waals surface area contributed by atoms with Gasteiger partial charge in [-0.15, -0.1) is 0 Å². The molecule has 0 radical (unpaired) electrons. The van der Waals surface area contributed by atoms with E-state index in [2.05, 4.69) is 82.4 Å². The molecule has 6 heterocycles. The lowest BCUT2D eigenvalue weighted by Crippen LogP contribution is -2.45. The van der Waals surface area contributed by atoms with Crippen LogP contribution in [0.25, 0.3) is 32.7 Å². The molecule has 0 spiro atoms. The van der Waals surface area contributed by atoms with Gasteiger partial charge in [-0.3, -0.25) is 9.59 Å². The maximum absolute atomic E-state index is 12.2. The number of alkyl halides is 3. The normalized spacial score (nSPS) is 13.1. The molecule has 12 rings (SSSR count). The Bertz CT molecular complexity index is 4320. The molecule has 33 heteroatoms. The summed E-state index contributed by atoms with van der Waals surface area (Å²) >= 11 is 0. The minimum Gasteiger partial charge on any atom is -0.486 e. The molecule has 3 aliphatic rings. The predicted molar refractivity (Wildman–Crippen MR) is 376 cm³/mol. The number of hydrogen-bond donors (Lipinski definition) is 7. The van der Waals surface area contributed by atoms with Crippen LogP contribution in [0.15, 0.2) is 128 Å². The fourth-order valence-corrected chi connectivity index (χ4v) is 9.63. The van der Waals surface area contributed by atoms with Crippen LogP contribution in [0, 0.1) is 0 Å². The molecule has 1 amide bonds. The maximum atomic E-state index is 12.2. The summed E-state index contributed by atoms with van der Waals surface area (Å²) in [6, 6.07) is 31.2. The summed E-state index contributed by atoms with van der Waals surface area (Å²) in [6.07, 6.45) is -0.133. The van der Waals surface area contributed by atoms with E-state index in [9.17, 15) is 37.1 Å². The lowest BCUT2D eigenvalue weighted by Gasteiger charge is -2.22. The predicted octanol–water partition coefficient (Wildman–Crippen LogP) is 11.4. The van der Waals surface area contributed by atoms with E-state index in [1.165, 1.54) is 33.2 Å². The van der Waals surface area contributed by atoms with Gasteiger partial charge in [-0.05, 0) is 105 Å². The van der Waals surface area contributed by atoms with Crippen LogP contribution in [0.1, 0.15) is 52.3 Å². The highest BCUT2D eigenvalue weighted by Gasteiger charge is 2.40. The second-order valence-electron chi connectivity index (χ2n) is 22.6. The minimum atomic E-state index is -4.85. The molecule has 6 aromatic carbocycles. The fraction of sp³-hybridized carbons (Fsp3) is 0.319. The van der Waals surface area contributed by atoms with Crippen molar-refractivity contribution in [2.75, 3.05) is 76.9 Å². The summed E-state index contributed by atoms with van der Waals surface area (Å²) < 4.78 is 84.9. The highest BCUT2D eigenvalue weighted by molar-refractivity contribution is 6.85. The van der Waals surface area contributed by atoms with Gasteiger partial charge in [0.05, 0.1) is 37.9 Å². The van der Waals surface area contributed by atoms with E-state index in [1.54, 1.807) is 20.8 Å². The van der Waals surface area contributed by atoms with Gasteiger partial charge < -0.3 is 85.2 Å². The number of carbonyl (C=O) groups excluding carboxylic acids is 4. The molecule has 102 heavy (non-hydrogen) atoms. The number of carboxylic acid groups (broad SMARTS) is 1. The molecule has 0 bridgehead atoms. The molecule has 3 aromatic heterocycles. The summed E-state index contributed by atoms with van der Waals surface area (Å²) in [6.45, 7) is 8.33. The monoisotopic (exact) mass is 1460 g/mol. The molecule has 3 aliphatic heterocycles. The van der Waals surface area contributed by atoms with Crippen LogP contribution >= 0.6 is 21.7 Å². The van der Waals surface area contributed by atoms with Crippen molar-refractivity contribution in [3.05, 3.63) is 145 Å². The van der Waals surface area contributed by atoms with Gasteiger partial charge in [0, 0.05) is 79.6 Å². The van der Waals surface area contributed by atoms with Crippen LogP contribution in [0.5, 0.6) is 34.5 Å². The molecule has 544 valence electrons. The number of aromatic nitrogens is 6. The van der Waals surface area contributed by atoms with Crippen LogP contribution in [0.3, 0.4) is 0 Å². The van der Waals surface area contributed by atoms with Crippen molar-refractivity contribution in [1.82, 2.24) is 35.2 Å². The number of methoxy groups -OCH3 is 3. The van der Waals surface area contributed by atoms with Crippen LogP contribution in [-0.4, -0.2) is 156 Å². The molecular formula is C69H77Cl2F3N12O16. The van der Waals surface area contributed by atoms with Gasteiger partial charge >= 0.3 is 36.1 Å². The Labute approximate surface area is 593 Å². The molecule has 0 aliphatic carbocycles. The van der Waals surface area contributed by atoms with Gasteiger partial charge in [0.1, 0.15) is 99.8 Å². The SMILES string of the molecule is C.C.COC(=O)C(F)(F)F.COC(=O)[C@@H](N)Cc1ccc(Nc2ncnc3cc4c(cc23)OCCO4)cc1.COC(=O)[C@H](Cc1ccc(Nc2ncnc3cc4c(cc23)OCCO4)cc1)NC(=O)OC(C)(C)C.ClCl.N[C@@H](Cc1ccc(Nc2ncnc3cc4c(cc23)OCCO4)cc1)C(=O)O. The lowest BCUT2D eigenvalue weighted by atomic mass is 10.1. The number of fused-ring (bicyclic) bond motifs is 6. The molecule has 9 N–H and O–H groups in total. The van der Waals surface area contributed by atoms with E-state index in [1.807, 2.05) is 109 Å². The largest absolute Gasteiger partial charge is 0.490 e. The van der Waals surface area contributed by atoms with Crippen LogP contribution < -0.4 is 61.2 Å². The molecule has 0 saturated heterocycles. The van der Waals surface area contributed by atoms with Gasteiger partial charge in [-0.1, -0.05) is 51.3 Å². The lowest BCUT2D eigenvalue weighted by molar-refractivity contribution is -0.196. The Kier molecular flexibility index (Phi) is 29.3. The fourth-order valence-electron chi connectivity index (χ4n) is 9.63. The molecule has 28 nitrogen and oxygen atoms in total. The van der Waals surface area contributed by atoms with E-state index in [0.717, 1.165) is 66.5 Å². The van der Waals surface area contributed by atoms with E-state index < -0.39 is 59.9 Å². The molecule has 0 unspecified atom stereocenters. The third kappa shape index (κ3) is 22.5. The van der Waals surface area contributed by atoms with Crippen LogP contribution in [0.4, 0.5) is 52.5 Å². The molecule has 0 fully saturated rings. The highest BCUT2D eigenvalue weighted by atomic mass is 36.5. The Balaban J connectivity index is 0.000000225. The number of aliphatic carboxylic acids is 1. The Morgan fingerprint density at radius 1 is 0.490 bits per heavy atom. The summed E-state index contributed by atoms with van der Waals surface area (Å²) in [5.41, 5.74) is 18.0. The summed E-state index contributed by atoms with van der Waals surface area (Å²) in [4.78, 5) is 82.2. The van der Waals surface area contributed by atoms with E-state index in [0.29, 0.717) is 105 Å². The van der Waals surface area contributed by atoms with Crippen molar-refractivity contribution in [3.8, 4) is 34.5 Å². The zero-order valence-electron chi connectivity index (χ0n) is 54.5. The standard InChI is InChI=1S/C25H28N4O6.C20H20N4O4.C19H18N4O4.C3H3F3O2.2CH4.Cl2/c1-25(2,3)35-24(31)29-19(23(30)32-4)11-15-5-7-16(8-6-15)28-22-17-12-20-21(34-10-9-33-20)13-18(17)26-14-27-22;1-26-20(25)15(21)8-12-2-4-13(5-3-12)24-19-14-9-17-18(28-7-6-27-17)10-16(14)22-11-23-19;20-14(19(24)25)7-11-1-3-12(4-2-11)23-18-13-8-16-17(27-6-5-26-16)9-15(13)21-10-22-18;1-8-2(7)3(4,5)6;;;1-2/h5-8,12-14,19H,9-11H2,1-4H3,(H,29,31)(H,26,27,28);2-5,9-11,15H,6-8,21H2,1H3,(H,22,23,24);1-4,8-10,14H,5-7,20H2,(H,24,25)(H,21,22,23);1H3;2*1H4;/t19-;15-;14-;;;;/m000..../s1. The van der Waals surface area contributed by atoms with E-state index >= 15 is 0 Å². The average Bonchev–Trinajstić information content (AvgIpc) is 0.800. The number of amides is 1. The number of ether oxygens (including phenoxy) is 10. The van der Waals surface area contributed by atoms with Gasteiger partial charge in [-0.2, -0.15) is 13.2 Å². The smallest absolute Gasteiger partial charge is 0.486 e. The molecule has 0 saturated carbocycles. The number of nitrogens with two attached hydrogens (primary N) is 2.